The molecule has 0 saturated carbocycles. The molecular weight excluding hydrogens is 345 g/mol. The molecular formula is C18H13Cl2N3O. The van der Waals surface area contributed by atoms with Crippen LogP contribution in [-0.2, 0) is 0 Å². The molecule has 2 aromatic carbocycles. The van der Waals surface area contributed by atoms with Crippen LogP contribution in [0.3, 0.4) is 0 Å². The Morgan fingerprint density at radius 1 is 0.917 bits per heavy atom. The first-order chi connectivity index (χ1) is 11.7. The zero-order valence-electron chi connectivity index (χ0n) is 12.8. The number of rotatable bonds is 4. The lowest BCUT2D eigenvalue weighted by molar-refractivity contribution is 0.399. The summed E-state index contributed by atoms with van der Waals surface area (Å²) in [7, 11) is 0. The van der Waals surface area contributed by atoms with Gasteiger partial charge in [-0.2, -0.15) is 10.2 Å². The van der Waals surface area contributed by atoms with Gasteiger partial charge in [-0.05, 0) is 24.6 Å². The first kappa shape index (κ1) is 16.4. The molecule has 6 heteroatoms. The summed E-state index contributed by atoms with van der Waals surface area (Å²) in [6.45, 7) is 1.80. The summed E-state index contributed by atoms with van der Waals surface area (Å²) in [5.74, 6) is 0.611. The first-order valence-electron chi connectivity index (χ1n) is 7.19. The molecule has 0 aliphatic rings. The van der Waals surface area contributed by atoms with E-state index in [1.165, 1.54) is 0 Å². The molecule has 120 valence electrons. The zero-order chi connectivity index (χ0) is 16.9. The Balaban J connectivity index is 1.91. The normalized spacial score (nSPS) is 11.6. The van der Waals surface area contributed by atoms with E-state index in [9.17, 15) is 0 Å². The molecule has 0 saturated heterocycles. The number of hydrogen-bond donors (Lipinski definition) is 0. The molecule has 4 nitrogen and oxygen atoms in total. The molecule has 1 aromatic heterocycles. The minimum atomic E-state index is 0.498. The second kappa shape index (κ2) is 7.43. The highest BCUT2D eigenvalue weighted by atomic mass is 35.5. The predicted molar refractivity (Wildman–Crippen MR) is 98.3 cm³/mol. The van der Waals surface area contributed by atoms with Gasteiger partial charge in [-0.1, -0.05) is 64.8 Å². The Bertz CT molecular complexity index is 882. The van der Waals surface area contributed by atoms with Gasteiger partial charge in [0.15, 0.2) is 0 Å². The molecule has 0 aliphatic heterocycles. The molecule has 3 rings (SSSR count). The quantitative estimate of drug-likeness (QED) is 0.463. The molecule has 0 aliphatic carbocycles. The van der Waals surface area contributed by atoms with Crippen LogP contribution in [0.4, 0.5) is 0 Å². The molecule has 24 heavy (non-hydrogen) atoms. The Morgan fingerprint density at radius 2 is 1.58 bits per heavy atom. The molecule has 0 N–H and O–H groups in total. The van der Waals surface area contributed by atoms with Crippen molar-refractivity contribution in [2.45, 2.75) is 6.92 Å². The smallest absolute Gasteiger partial charge is 0.143 e. The minimum Gasteiger partial charge on any atom is -0.360 e. The van der Waals surface area contributed by atoms with Crippen LogP contribution in [0.15, 0.2) is 63.3 Å². The number of aryl methyl sites for hydroxylation is 1. The van der Waals surface area contributed by atoms with Crippen LogP contribution in [0.2, 0.25) is 10.0 Å². The van der Waals surface area contributed by atoms with Crippen molar-refractivity contribution in [3.8, 4) is 11.3 Å². The number of benzene rings is 2. The third kappa shape index (κ3) is 3.55. The highest BCUT2D eigenvalue weighted by molar-refractivity contribution is 6.39. The monoisotopic (exact) mass is 357 g/mol. The molecule has 1 heterocycles. The van der Waals surface area contributed by atoms with E-state index in [0.29, 0.717) is 32.6 Å². The first-order valence-corrected chi connectivity index (χ1v) is 7.94. The molecule has 0 bridgehead atoms. The van der Waals surface area contributed by atoms with Crippen molar-refractivity contribution in [1.29, 1.82) is 0 Å². The topological polar surface area (TPSA) is 50.8 Å². The summed E-state index contributed by atoms with van der Waals surface area (Å²) in [5, 5.41) is 13.2. The highest BCUT2D eigenvalue weighted by Gasteiger charge is 2.18. The van der Waals surface area contributed by atoms with E-state index < -0.39 is 0 Å². The molecule has 0 amide bonds. The third-order valence-electron chi connectivity index (χ3n) is 3.37. The maximum absolute atomic E-state index is 6.25. The van der Waals surface area contributed by atoms with Gasteiger partial charge in [0.25, 0.3) is 0 Å². The Hall–Kier alpha value is -2.43. The van der Waals surface area contributed by atoms with Gasteiger partial charge in [0, 0.05) is 5.56 Å². The second-order valence-corrected chi connectivity index (χ2v) is 5.81. The molecule has 0 fully saturated rings. The molecule has 0 unspecified atom stereocenters. The van der Waals surface area contributed by atoms with Crippen LogP contribution >= 0.6 is 23.2 Å². The van der Waals surface area contributed by atoms with Crippen molar-refractivity contribution in [3.05, 3.63) is 75.5 Å². The van der Waals surface area contributed by atoms with Gasteiger partial charge in [-0.3, -0.25) is 0 Å². The second-order valence-electron chi connectivity index (χ2n) is 5.00. The lowest BCUT2D eigenvalue weighted by Crippen LogP contribution is -1.89. The fourth-order valence-electron chi connectivity index (χ4n) is 2.17. The number of halogens is 2. The average Bonchev–Trinajstić information content (AvgIpc) is 2.93. The fourth-order valence-corrected chi connectivity index (χ4v) is 2.74. The maximum Gasteiger partial charge on any atom is 0.143 e. The van der Waals surface area contributed by atoms with E-state index in [0.717, 1.165) is 5.56 Å². The third-order valence-corrected chi connectivity index (χ3v) is 4.00. The predicted octanol–water partition coefficient (Wildman–Crippen LogP) is 5.41. The van der Waals surface area contributed by atoms with E-state index in [1.54, 1.807) is 37.6 Å². The lowest BCUT2D eigenvalue weighted by atomic mass is 10.1. The van der Waals surface area contributed by atoms with Crippen molar-refractivity contribution in [2.75, 3.05) is 0 Å². The van der Waals surface area contributed by atoms with Gasteiger partial charge >= 0.3 is 0 Å². The van der Waals surface area contributed by atoms with E-state index >= 15 is 0 Å². The van der Waals surface area contributed by atoms with E-state index in [1.807, 2.05) is 30.3 Å². The summed E-state index contributed by atoms with van der Waals surface area (Å²) < 4.78 is 5.26. The van der Waals surface area contributed by atoms with Gasteiger partial charge in [-0.25, -0.2) is 0 Å². The molecule has 3 aromatic rings. The molecule has 0 radical (unpaired) electrons. The zero-order valence-corrected chi connectivity index (χ0v) is 14.3. The van der Waals surface area contributed by atoms with Crippen molar-refractivity contribution in [2.24, 2.45) is 10.2 Å². The molecule has 0 spiro atoms. The standard InChI is InChI=1S/C18H13Cl2N3O/c1-12-14(11-22-21-10-13-6-3-2-4-7-13)18(23-24-12)17-15(19)8-5-9-16(17)20/h2-11H,1H3. The van der Waals surface area contributed by atoms with E-state index in [2.05, 4.69) is 15.4 Å². The fraction of sp³-hybridized carbons (Fsp3) is 0.0556. The van der Waals surface area contributed by atoms with Crippen LogP contribution in [0.25, 0.3) is 11.3 Å². The Kier molecular flexibility index (Phi) is 5.08. The summed E-state index contributed by atoms with van der Waals surface area (Å²) in [5.41, 5.74) is 2.81. The SMILES string of the molecule is Cc1onc(-c2c(Cl)cccc2Cl)c1C=NN=Cc1ccccc1. The minimum absolute atomic E-state index is 0.498. The summed E-state index contributed by atoms with van der Waals surface area (Å²) in [6, 6.07) is 15.0. The van der Waals surface area contributed by atoms with Gasteiger partial charge in [0.2, 0.25) is 0 Å². The Labute approximate surface area is 149 Å². The van der Waals surface area contributed by atoms with Crippen molar-refractivity contribution < 1.29 is 4.52 Å². The van der Waals surface area contributed by atoms with Gasteiger partial charge in [-0.15, -0.1) is 0 Å². The summed E-state index contributed by atoms with van der Waals surface area (Å²) in [6.07, 6.45) is 3.25. The van der Waals surface area contributed by atoms with Crippen LogP contribution < -0.4 is 0 Å². The van der Waals surface area contributed by atoms with Gasteiger partial charge in [0.1, 0.15) is 11.5 Å². The number of aromatic nitrogens is 1. The average molecular weight is 358 g/mol. The summed E-state index contributed by atoms with van der Waals surface area (Å²) in [4.78, 5) is 0. The lowest BCUT2D eigenvalue weighted by Gasteiger charge is -2.03. The van der Waals surface area contributed by atoms with Crippen molar-refractivity contribution in [3.63, 3.8) is 0 Å². The van der Waals surface area contributed by atoms with Gasteiger partial charge < -0.3 is 4.52 Å². The van der Waals surface area contributed by atoms with Gasteiger partial charge in [0.05, 0.1) is 28.0 Å². The highest BCUT2D eigenvalue weighted by Crippen LogP contribution is 2.36. The number of nitrogens with zero attached hydrogens (tertiary/aromatic N) is 3. The number of hydrogen-bond acceptors (Lipinski definition) is 4. The summed E-state index contributed by atoms with van der Waals surface area (Å²) >= 11 is 12.5. The molecule has 0 atom stereocenters. The van der Waals surface area contributed by atoms with E-state index in [-0.39, 0.29) is 0 Å². The largest absolute Gasteiger partial charge is 0.360 e. The van der Waals surface area contributed by atoms with Crippen molar-refractivity contribution in [1.82, 2.24) is 5.16 Å². The van der Waals surface area contributed by atoms with E-state index in [4.69, 9.17) is 27.7 Å². The maximum atomic E-state index is 6.25. The van der Waals surface area contributed by atoms with Crippen molar-refractivity contribution >= 4 is 35.6 Å². The van der Waals surface area contributed by atoms with Crippen LogP contribution in [0.5, 0.6) is 0 Å². The van der Waals surface area contributed by atoms with Crippen LogP contribution in [0.1, 0.15) is 16.9 Å². The van der Waals surface area contributed by atoms with Crippen LogP contribution in [0, 0.1) is 6.92 Å². The Morgan fingerprint density at radius 3 is 2.29 bits per heavy atom. The van der Waals surface area contributed by atoms with Crippen LogP contribution in [-0.4, -0.2) is 17.6 Å².